The molecule has 0 bridgehead atoms. The van der Waals surface area contributed by atoms with Crippen LogP contribution in [0, 0.1) is 5.92 Å². The molecule has 4 nitrogen and oxygen atoms in total. The van der Waals surface area contributed by atoms with Gasteiger partial charge in [0.25, 0.3) is 0 Å². The van der Waals surface area contributed by atoms with E-state index in [1.807, 2.05) is 36.4 Å². The maximum absolute atomic E-state index is 12.0. The number of anilines is 1. The summed E-state index contributed by atoms with van der Waals surface area (Å²) in [6.45, 7) is 2.16. The minimum Gasteiger partial charge on any atom is -0.317 e. The van der Waals surface area contributed by atoms with Crippen LogP contribution in [0.3, 0.4) is 0 Å². The Morgan fingerprint density at radius 2 is 2.00 bits per heavy atom. The van der Waals surface area contributed by atoms with Crippen molar-refractivity contribution < 1.29 is 4.79 Å². The maximum Gasteiger partial charge on any atom is 0.225 e. The molecule has 110 valence electrons. The molecule has 0 spiro atoms. The Morgan fingerprint density at radius 3 is 2.86 bits per heavy atom. The molecule has 1 aromatic carbocycles. The molecule has 0 atom stereocenters. The Hall–Kier alpha value is -1.94. The zero-order valence-corrected chi connectivity index (χ0v) is 12.1. The van der Waals surface area contributed by atoms with Crippen LogP contribution in [-0.4, -0.2) is 24.0 Å². The van der Waals surface area contributed by atoms with Crippen LogP contribution in [0.1, 0.15) is 25.7 Å². The third-order valence-corrected chi connectivity index (χ3v) is 4.10. The number of para-hydroxylation sites is 1. The predicted molar refractivity (Wildman–Crippen MR) is 85.2 cm³/mol. The molecule has 1 saturated heterocycles. The summed E-state index contributed by atoms with van der Waals surface area (Å²) in [5, 5.41) is 7.34. The average Bonchev–Trinajstić information content (AvgIpc) is 2.54. The standard InChI is InChI=1S/C17H21N3O/c21-17(8-5-13-9-11-18-12-10-13)20-16-7-6-14-3-1-2-4-15(14)19-16/h1-4,6-7,13,18H,5,8-12H2,(H,19,20,21). The number of carbonyl (C=O) groups excluding carboxylic acids is 1. The average molecular weight is 283 g/mol. The molecule has 1 aliphatic rings. The van der Waals surface area contributed by atoms with Crippen LogP contribution in [0.15, 0.2) is 36.4 Å². The van der Waals surface area contributed by atoms with Crippen LogP contribution in [0.2, 0.25) is 0 Å². The molecular weight excluding hydrogens is 262 g/mol. The number of carbonyl (C=O) groups is 1. The van der Waals surface area contributed by atoms with Crippen molar-refractivity contribution in [3.8, 4) is 0 Å². The first-order valence-corrected chi connectivity index (χ1v) is 7.67. The van der Waals surface area contributed by atoms with E-state index in [0.29, 0.717) is 18.2 Å². The monoisotopic (exact) mass is 283 g/mol. The van der Waals surface area contributed by atoms with Crippen LogP contribution in [0.5, 0.6) is 0 Å². The number of nitrogens with zero attached hydrogens (tertiary/aromatic N) is 1. The van der Waals surface area contributed by atoms with Gasteiger partial charge in [0.15, 0.2) is 0 Å². The third-order valence-electron chi connectivity index (χ3n) is 4.10. The van der Waals surface area contributed by atoms with Gasteiger partial charge in [-0.2, -0.15) is 0 Å². The minimum atomic E-state index is 0.0660. The van der Waals surface area contributed by atoms with Crippen molar-refractivity contribution in [3.05, 3.63) is 36.4 Å². The Kier molecular flexibility index (Phi) is 4.46. The highest BCUT2D eigenvalue weighted by atomic mass is 16.1. The highest BCUT2D eigenvalue weighted by Gasteiger charge is 2.14. The van der Waals surface area contributed by atoms with Gasteiger partial charge in [-0.15, -0.1) is 0 Å². The van der Waals surface area contributed by atoms with Crippen molar-refractivity contribution in [2.24, 2.45) is 5.92 Å². The van der Waals surface area contributed by atoms with Gasteiger partial charge in [0.1, 0.15) is 5.82 Å². The van der Waals surface area contributed by atoms with E-state index in [1.165, 1.54) is 12.8 Å². The number of aromatic nitrogens is 1. The number of nitrogens with one attached hydrogen (secondary N) is 2. The molecule has 0 radical (unpaired) electrons. The molecular formula is C17H21N3O. The van der Waals surface area contributed by atoms with E-state index < -0.39 is 0 Å². The molecule has 1 aromatic heterocycles. The summed E-state index contributed by atoms with van der Waals surface area (Å²) in [5.74, 6) is 1.39. The van der Waals surface area contributed by atoms with E-state index in [2.05, 4.69) is 15.6 Å². The lowest BCUT2D eigenvalue weighted by atomic mass is 9.93. The van der Waals surface area contributed by atoms with Crippen LogP contribution in [0.25, 0.3) is 10.9 Å². The van der Waals surface area contributed by atoms with E-state index in [1.54, 1.807) is 0 Å². The number of pyridine rings is 1. The number of amides is 1. The van der Waals surface area contributed by atoms with Crippen LogP contribution in [-0.2, 0) is 4.79 Å². The second kappa shape index (κ2) is 6.68. The van der Waals surface area contributed by atoms with E-state index in [-0.39, 0.29) is 5.91 Å². The molecule has 3 rings (SSSR count). The number of benzene rings is 1. The Balaban J connectivity index is 1.55. The van der Waals surface area contributed by atoms with Crippen molar-refractivity contribution in [2.75, 3.05) is 18.4 Å². The maximum atomic E-state index is 12.0. The van der Waals surface area contributed by atoms with Gasteiger partial charge < -0.3 is 10.6 Å². The number of piperidine rings is 1. The van der Waals surface area contributed by atoms with Crippen LogP contribution in [0.4, 0.5) is 5.82 Å². The van der Waals surface area contributed by atoms with Crippen molar-refractivity contribution >= 4 is 22.6 Å². The molecule has 2 aromatic rings. The number of hydrogen-bond donors (Lipinski definition) is 2. The molecule has 0 unspecified atom stereocenters. The predicted octanol–water partition coefficient (Wildman–Crippen LogP) is 2.95. The second-order valence-electron chi connectivity index (χ2n) is 5.67. The van der Waals surface area contributed by atoms with Gasteiger partial charge in [0.2, 0.25) is 5.91 Å². The molecule has 1 aliphatic heterocycles. The van der Waals surface area contributed by atoms with Gasteiger partial charge in [-0.1, -0.05) is 18.2 Å². The number of rotatable bonds is 4. The fourth-order valence-electron chi connectivity index (χ4n) is 2.85. The topological polar surface area (TPSA) is 54.0 Å². The Morgan fingerprint density at radius 1 is 1.19 bits per heavy atom. The lowest BCUT2D eigenvalue weighted by Gasteiger charge is -2.22. The third kappa shape index (κ3) is 3.79. The first-order chi connectivity index (χ1) is 10.3. The van der Waals surface area contributed by atoms with Gasteiger partial charge in [0, 0.05) is 11.8 Å². The van der Waals surface area contributed by atoms with Crippen molar-refractivity contribution in [2.45, 2.75) is 25.7 Å². The van der Waals surface area contributed by atoms with Crippen molar-refractivity contribution in [1.29, 1.82) is 0 Å². The molecule has 0 saturated carbocycles. The molecule has 4 heteroatoms. The van der Waals surface area contributed by atoms with E-state index in [0.717, 1.165) is 30.4 Å². The van der Waals surface area contributed by atoms with Crippen LogP contribution >= 0.6 is 0 Å². The van der Waals surface area contributed by atoms with E-state index in [4.69, 9.17) is 0 Å². The highest BCUT2D eigenvalue weighted by Crippen LogP contribution is 2.19. The zero-order valence-electron chi connectivity index (χ0n) is 12.1. The fourth-order valence-corrected chi connectivity index (χ4v) is 2.85. The summed E-state index contributed by atoms with van der Waals surface area (Å²) < 4.78 is 0. The summed E-state index contributed by atoms with van der Waals surface area (Å²) in [4.78, 5) is 16.5. The highest BCUT2D eigenvalue weighted by molar-refractivity contribution is 5.91. The lowest BCUT2D eigenvalue weighted by molar-refractivity contribution is -0.116. The fraction of sp³-hybridized carbons (Fsp3) is 0.412. The summed E-state index contributed by atoms with van der Waals surface area (Å²) in [5.41, 5.74) is 0.911. The Labute approximate surface area is 125 Å². The summed E-state index contributed by atoms with van der Waals surface area (Å²) >= 11 is 0. The van der Waals surface area contributed by atoms with Crippen molar-refractivity contribution in [3.63, 3.8) is 0 Å². The quantitative estimate of drug-likeness (QED) is 0.907. The zero-order chi connectivity index (χ0) is 14.5. The molecule has 0 aliphatic carbocycles. The van der Waals surface area contributed by atoms with Gasteiger partial charge in [-0.05, 0) is 56.5 Å². The summed E-state index contributed by atoms with van der Waals surface area (Å²) in [6.07, 6.45) is 3.92. The second-order valence-corrected chi connectivity index (χ2v) is 5.67. The first kappa shape index (κ1) is 14.0. The summed E-state index contributed by atoms with van der Waals surface area (Å²) in [7, 11) is 0. The number of fused-ring (bicyclic) bond motifs is 1. The van der Waals surface area contributed by atoms with Gasteiger partial charge in [-0.25, -0.2) is 4.98 Å². The van der Waals surface area contributed by atoms with Gasteiger partial charge >= 0.3 is 0 Å². The first-order valence-electron chi connectivity index (χ1n) is 7.67. The summed E-state index contributed by atoms with van der Waals surface area (Å²) in [6, 6.07) is 11.8. The molecule has 2 N–H and O–H groups in total. The number of hydrogen-bond acceptors (Lipinski definition) is 3. The molecule has 2 heterocycles. The molecule has 1 amide bonds. The normalized spacial score (nSPS) is 16.0. The molecule has 1 fully saturated rings. The molecule has 21 heavy (non-hydrogen) atoms. The van der Waals surface area contributed by atoms with Gasteiger partial charge in [-0.3, -0.25) is 4.79 Å². The van der Waals surface area contributed by atoms with Gasteiger partial charge in [0.05, 0.1) is 5.52 Å². The minimum absolute atomic E-state index is 0.0660. The lowest BCUT2D eigenvalue weighted by Crippen LogP contribution is -2.28. The van der Waals surface area contributed by atoms with Crippen molar-refractivity contribution in [1.82, 2.24) is 10.3 Å². The van der Waals surface area contributed by atoms with E-state index in [9.17, 15) is 4.79 Å². The van der Waals surface area contributed by atoms with E-state index >= 15 is 0 Å². The SMILES string of the molecule is O=C(CCC1CCNCC1)Nc1ccc2ccccc2n1. The Bertz CT molecular complexity index is 620. The van der Waals surface area contributed by atoms with Crippen LogP contribution < -0.4 is 10.6 Å². The largest absolute Gasteiger partial charge is 0.317 e. The smallest absolute Gasteiger partial charge is 0.225 e.